The van der Waals surface area contributed by atoms with Crippen molar-refractivity contribution in [2.75, 3.05) is 0 Å². The summed E-state index contributed by atoms with van der Waals surface area (Å²) in [6.07, 6.45) is 0.339. The molecule has 0 N–H and O–H groups in total. The topological polar surface area (TPSA) is 17.1 Å². The molecule has 0 aliphatic heterocycles. The van der Waals surface area contributed by atoms with E-state index in [-0.39, 0.29) is 11.2 Å². The molecule has 2 rings (SSSR count). The van der Waals surface area contributed by atoms with E-state index in [2.05, 4.69) is 20.8 Å². The summed E-state index contributed by atoms with van der Waals surface area (Å²) in [7, 11) is 0. The molecule has 0 fully saturated rings. The first-order chi connectivity index (χ1) is 9.79. The molecule has 0 unspecified atom stereocenters. The predicted molar refractivity (Wildman–Crippen MR) is 89.4 cm³/mol. The molecule has 110 valence electrons. The van der Waals surface area contributed by atoms with E-state index in [1.807, 2.05) is 49.4 Å². The van der Waals surface area contributed by atoms with Crippen molar-refractivity contribution in [1.82, 2.24) is 0 Å². The van der Waals surface area contributed by atoms with Crippen LogP contribution in [0.15, 0.2) is 42.5 Å². The highest BCUT2D eigenvalue weighted by molar-refractivity contribution is 6.31. The van der Waals surface area contributed by atoms with Crippen molar-refractivity contribution in [2.45, 2.75) is 39.5 Å². The van der Waals surface area contributed by atoms with Crippen LogP contribution < -0.4 is 0 Å². The smallest absolute Gasteiger partial charge is 0.167 e. The van der Waals surface area contributed by atoms with Crippen LogP contribution in [0.2, 0.25) is 5.02 Å². The Bertz CT molecular complexity index is 666. The number of hydrogen-bond donors (Lipinski definition) is 0. The van der Waals surface area contributed by atoms with E-state index in [0.717, 1.165) is 22.3 Å². The molecule has 0 radical (unpaired) electrons. The summed E-state index contributed by atoms with van der Waals surface area (Å²) in [5.41, 5.74) is 3.81. The number of aryl methyl sites for hydroxylation is 1. The Hall–Kier alpha value is -1.60. The fraction of sp³-hybridized carbons (Fsp3) is 0.316. The SMILES string of the molecule is Cc1ccc(CC(=O)c2ccccc2C(C)(C)C)c(Cl)c1. The number of ketones is 1. The van der Waals surface area contributed by atoms with Crippen molar-refractivity contribution < 1.29 is 4.79 Å². The Morgan fingerprint density at radius 1 is 1.10 bits per heavy atom. The minimum atomic E-state index is -0.0523. The molecule has 0 aliphatic rings. The lowest BCUT2D eigenvalue weighted by molar-refractivity contribution is 0.0991. The minimum Gasteiger partial charge on any atom is -0.294 e. The van der Waals surface area contributed by atoms with Crippen LogP contribution in [0.4, 0.5) is 0 Å². The van der Waals surface area contributed by atoms with Crippen LogP contribution >= 0.6 is 11.6 Å². The molecular formula is C19H21ClO. The highest BCUT2D eigenvalue weighted by Gasteiger charge is 2.21. The first kappa shape index (κ1) is 15.8. The van der Waals surface area contributed by atoms with Gasteiger partial charge in [0.15, 0.2) is 5.78 Å². The molecule has 0 heterocycles. The number of halogens is 1. The van der Waals surface area contributed by atoms with Crippen LogP contribution in [0.1, 0.15) is 47.8 Å². The van der Waals surface area contributed by atoms with Gasteiger partial charge in [-0.2, -0.15) is 0 Å². The monoisotopic (exact) mass is 300 g/mol. The summed E-state index contributed by atoms with van der Waals surface area (Å²) in [6, 6.07) is 13.7. The molecule has 1 nitrogen and oxygen atoms in total. The first-order valence-electron chi connectivity index (χ1n) is 7.17. The summed E-state index contributed by atoms with van der Waals surface area (Å²) >= 11 is 6.24. The van der Waals surface area contributed by atoms with Crippen LogP contribution in [0.3, 0.4) is 0 Å². The zero-order valence-corrected chi connectivity index (χ0v) is 13.8. The van der Waals surface area contributed by atoms with E-state index in [4.69, 9.17) is 11.6 Å². The average molecular weight is 301 g/mol. The lowest BCUT2D eigenvalue weighted by atomic mass is 9.82. The second kappa shape index (κ2) is 6.03. The Morgan fingerprint density at radius 3 is 2.38 bits per heavy atom. The molecule has 2 heteroatoms. The highest BCUT2D eigenvalue weighted by atomic mass is 35.5. The fourth-order valence-corrected chi connectivity index (χ4v) is 2.75. The lowest BCUT2D eigenvalue weighted by Crippen LogP contribution is -2.17. The zero-order chi connectivity index (χ0) is 15.6. The summed E-state index contributed by atoms with van der Waals surface area (Å²) < 4.78 is 0. The van der Waals surface area contributed by atoms with Gasteiger partial charge in [-0.3, -0.25) is 4.79 Å². The summed E-state index contributed by atoms with van der Waals surface area (Å²) in [6.45, 7) is 8.36. The fourth-order valence-electron chi connectivity index (χ4n) is 2.44. The summed E-state index contributed by atoms with van der Waals surface area (Å²) in [4.78, 5) is 12.7. The van der Waals surface area contributed by atoms with E-state index in [0.29, 0.717) is 11.4 Å². The van der Waals surface area contributed by atoms with E-state index in [1.54, 1.807) is 0 Å². The maximum Gasteiger partial charge on any atom is 0.167 e. The van der Waals surface area contributed by atoms with Crippen molar-refractivity contribution >= 4 is 17.4 Å². The number of rotatable bonds is 3. The van der Waals surface area contributed by atoms with Gasteiger partial charge in [-0.1, -0.05) is 68.8 Å². The molecular weight excluding hydrogens is 280 g/mol. The van der Waals surface area contributed by atoms with Crippen LogP contribution in [0, 0.1) is 6.92 Å². The molecule has 0 saturated heterocycles. The van der Waals surface area contributed by atoms with Crippen molar-refractivity contribution in [3.63, 3.8) is 0 Å². The van der Waals surface area contributed by atoms with Gasteiger partial charge < -0.3 is 0 Å². The first-order valence-corrected chi connectivity index (χ1v) is 7.54. The van der Waals surface area contributed by atoms with Gasteiger partial charge in [0, 0.05) is 17.0 Å². The molecule has 21 heavy (non-hydrogen) atoms. The Morgan fingerprint density at radius 2 is 1.76 bits per heavy atom. The van der Waals surface area contributed by atoms with Crippen molar-refractivity contribution in [3.05, 3.63) is 69.7 Å². The van der Waals surface area contributed by atoms with Crippen LogP contribution in [-0.2, 0) is 11.8 Å². The maximum atomic E-state index is 12.7. The van der Waals surface area contributed by atoms with E-state index < -0.39 is 0 Å². The highest BCUT2D eigenvalue weighted by Crippen LogP contribution is 2.27. The molecule has 0 spiro atoms. The molecule has 2 aromatic carbocycles. The summed E-state index contributed by atoms with van der Waals surface area (Å²) in [5, 5.41) is 0.664. The molecule has 0 aliphatic carbocycles. The van der Waals surface area contributed by atoms with E-state index >= 15 is 0 Å². The van der Waals surface area contributed by atoms with Crippen molar-refractivity contribution in [3.8, 4) is 0 Å². The number of carbonyl (C=O) groups excluding carboxylic acids is 1. The standard InChI is InChI=1S/C19H21ClO/c1-13-9-10-14(17(20)11-13)12-18(21)15-7-5-6-8-16(15)19(2,3)4/h5-11H,12H2,1-4H3. The van der Waals surface area contributed by atoms with Gasteiger partial charge in [0.05, 0.1) is 0 Å². The Labute approximate surface area is 132 Å². The third-order valence-electron chi connectivity index (χ3n) is 3.60. The van der Waals surface area contributed by atoms with Gasteiger partial charge >= 0.3 is 0 Å². The molecule has 0 amide bonds. The van der Waals surface area contributed by atoms with Gasteiger partial charge in [0.25, 0.3) is 0 Å². The van der Waals surface area contributed by atoms with Crippen molar-refractivity contribution in [2.24, 2.45) is 0 Å². The lowest BCUT2D eigenvalue weighted by Gasteiger charge is -2.22. The van der Waals surface area contributed by atoms with E-state index in [1.165, 1.54) is 0 Å². The van der Waals surface area contributed by atoms with Gasteiger partial charge in [-0.05, 0) is 35.1 Å². The number of carbonyl (C=O) groups is 1. The number of hydrogen-bond acceptors (Lipinski definition) is 1. The third-order valence-corrected chi connectivity index (χ3v) is 3.95. The van der Waals surface area contributed by atoms with Crippen molar-refractivity contribution in [1.29, 1.82) is 0 Å². The van der Waals surface area contributed by atoms with Gasteiger partial charge in [0.1, 0.15) is 0 Å². The average Bonchev–Trinajstić information content (AvgIpc) is 2.41. The van der Waals surface area contributed by atoms with Gasteiger partial charge in [-0.15, -0.1) is 0 Å². The number of Topliss-reactive ketones (excluding diaryl/α,β-unsaturated/α-hetero) is 1. The van der Waals surface area contributed by atoms with Crippen LogP contribution in [0.25, 0.3) is 0 Å². The minimum absolute atomic E-state index is 0.0523. The predicted octanol–water partition coefficient (Wildman–Crippen LogP) is 5.37. The Balaban J connectivity index is 2.33. The molecule has 0 saturated carbocycles. The Kier molecular flexibility index (Phi) is 4.53. The normalized spacial score (nSPS) is 11.5. The van der Waals surface area contributed by atoms with Crippen LogP contribution in [-0.4, -0.2) is 5.78 Å². The van der Waals surface area contributed by atoms with Gasteiger partial charge in [-0.25, -0.2) is 0 Å². The molecule has 0 atom stereocenters. The van der Waals surface area contributed by atoms with Crippen LogP contribution in [0.5, 0.6) is 0 Å². The quantitative estimate of drug-likeness (QED) is 0.696. The molecule has 0 aromatic heterocycles. The summed E-state index contributed by atoms with van der Waals surface area (Å²) in [5.74, 6) is 0.117. The van der Waals surface area contributed by atoms with Gasteiger partial charge in [0.2, 0.25) is 0 Å². The second-order valence-corrected chi connectivity index (χ2v) is 6.90. The maximum absolute atomic E-state index is 12.7. The zero-order valence-electron chi connectivity index (χ0n) is 13.0. The largest absolute Gasteiger partial charge is 0.294 e. The molecule has 2 aromatic rings. The molecule has 0 bridgehead atoms. The van der Waals surface area contributed by atoms with E-state index in [9.17, 15) is 4.79 Å². The second-order valence-electron chi connectivity index (χ2n) is 6.49. The number of benzene rings is 2. The third kappa shape index (κ3) is 3.74.